The van der Waals surface area contributed by atoms with E-state index in [1.54, 1.807) is 0 Å². The van der Waals surface area contributed by atoms with Crippen LogP contribution in [0.1, 0.15) is 38.8 Å². The summed E-state index contributed by atoms with van der Waals surface area (Å²) >= 11 is 1.97. The zero-order valence-corrected chi connectivity index (χ0v) is 12.6. The molecule has 1 aromatic rings. The van der Waals surface area contributed by atoms with Crippen molar-refractivity contribution in [3.8, 4) is 5.75 Å². The van der Waals surface area contributed by atoms with Gasteiger partial charge in [-0.15, -0.1) is 0 Å². The molecule has 0 heterocycles. The molecule has 0 aliphatic heterocycles. The lowest BCUT2D eigenvalue weighted by molar-refractivity contribution is 0.332. The van der Waals surface area contributed by atoms with Crippen LogP contribution in [0, 0.1) is 0 Å². The van der Waals surface area contributed by atoms with Crippen molar-refractivity contribution in [2.75, 3.05) is 24.7 Å². The molecule has 0 radical (unpaired) electrons. The molecule has 1 aromatic carbocycles. The molecule has 102 valence electrons. The molecule has 0 saturated carbocycles. The van der Waals surface area contributed by atoms with E-state index in [1.807, 2.05) is 24.8 Å². The monoisotopic (exact) mass is 267 g/mol. The standard InChI is InChI=1S/C15H25NOS/c1-4-11-16-14(12-18-6-3)13-9-7-8-10-15(13)17-5-2/h7-10,14,16H,4-6,11-12H2,1-3H3. The van der Waals surface area contributed by atoms with Gasteiger partial charge in [-0.05, 0) is 31.7 Å². The number of para-hydroxylation sites is 1. The van der Waals surface area contributed by atoms with Gasteiger partial charge >= 0.3 is 0 Å². The summed E-state index contributed by atoms with van der Waals surface area (Å²) in [5.74, 6) is 3.27. The topological polar surface area (TPSA) is 21.3 Å². The largest absolute Gasteiger partial charge is 0.494 e. The number of thioether (sulfide) groups is 1. The summed E-state index contributed by atoms with van der Waals surface area (Å²) in [6, 6.07) is 8.76. The lowest BCUT2D eigenvalue weighted by atomic mass is 10.1. The maximum Gasteiger partial charge on any atom is 0.124 e. The molecule has 1 rings (SSSR count). The Balaban J connectivity index is 2.81. The normalized spacial score (nSPS) is 12.4. The van der Waals surface area contributed by atoms with Crippen LogP contribution in [0.5, 0.6) is 5.75 Å². The average Bonchev–Trinajstić information content (AvgIpc) is 2.40. The molecule has 0 fully saturated rings. The number of hydrogen-bond acceptors (Lipinski definition) is 3. The fourth-order valence-corrected chi connectivity index (χ4v) is 2.64. The van der Waals surface area contributed by atoms with Gasteiger partial charge in [0.25, 0.3) is 0 Å². The van der Waals surface area contributed by atoms with E-state index in [0.29, 0.717) is 6.04 Å². The molecule has 1 unspecified atom stereocenters. The fourth-order valence-electron chi connectivity index (χ4n) is 1.87. The third-order valence-electron chi connectivity index (χ3n) is 2.72. The van der Waals surface area contributed by atoms with Crippen LogP contribution >= 0.6 is 11.8 Å². The second-order valence-electron chi connectivity index (χ2n) is 4.14. The van der Waals surface area contributed by atoms with Crippen molar-refractivity contribution < 1.29 is 4.74 Å². The molecule has 2 nitrogen and oxygen atoms in total. The Labute approximate surface area is 116 Å². The summed E-state index contributed by atoms with van der Waals surface area (Å²) in [4.78, 5) is 0. The first kappa shape index (κ1) is 15.4. The van der Waals surface area contributed by atoms with Gasteiger partial charge in [0.15, 0.2) is 0 Å². The van der Waals surface area contributed by atoms with Crippen molar-refractivity contribution in [3.63, 3.8) is 0 Å². The molecule has 0 amide bonds. The van der Waals surface area contributed by atoms with Gasteiger partial charge in [-0.1, -0.05) is 32.0 Å². The quantitative estimate of drug-likeness (QED) is 0.733. The molecule has 0 aliphatic carbocycles. The van der Waals surface area contributed by atoms with E-state index in [2.05, 4.69) is 37.4 Å². The van der Waals surface area contributed by atoms with Crippen LogP contribution < -0.4 is 10.1 Å². The van der Waals surface area contributed by atoms with E-state index in [1.165, 1.54) is 5.56 Å². The van der Waals surface area contributed by atoms with Gasteiger partial charge in [0.1, 0.15) is 5.75 Å². The number of benzene rings is 1. The Hall–Kier alpha value is -0.670. The summed E-state index contributed by atoms with van der Waals surface area (Å²) in [7, 11) is 0. The molecule has 0 aliphatic rings. The second-order valence-corrected chi connectivity index (χ2v) is 5.46. The maximum atomic E-state index is 5.73. The molecule has 0 aromatic heterocycles. The molecular formula is C15H25NOS. The van der Waals surface area contributed by atoms with E-state index in [0.717, 1.165) is 36.8 Å². The minimum atomic E-state index is 0.387. The van der Waals surface area contributed by atoms with E-state index < -0.39 is 0 Å². The summed E-state index contributed by atoms with van der Waals surface area (Å²) in [5.41, 5.74) is 1.29. The summed E-state index contributed by atoms with van der Waals surface area (Å²) in [5, 5.41) is 3.62. The minimum absolute atomic E-state index is 0.387. The first-order chi connectivity index (χ1) is 8.83. The first-order valence-electron chi connectivity index (χ1n) is 6.86. The Kier molecular flexibility index (Phi) is 7.94. The maximum absolute atomic E-state index is 5.73. The van der Waals surface area contributed by atoms with Gasteiger partial charge in [0.2, 0.25) is 0 Å². The summed E-state index contributed by atoms with van der Waals surface area (Å²) < 4.78 is 5.73. The average molecular weight is 267 g/mol. The van der Waals surface area contributed by atoms with E-state index in [-0.39, 0.29) is 0 Å². The lowest BCUT2D eigenvalue weighted by Gasteiger charge is -2.21. The lowest BCUT2D eigenvalue weighted by Crippen LogP contribution is -2.24. The molecular weight excluding hydrogens is 242 g/mol. The molecule has 0 saturated heterocycles. The van der Waals surface area contributed by atoms with E-state index in [4.69, 9.17) is 4.74 Å². The van der Waals surface area contributed by atoms with Crippen molar-refractivity contribution in [1.29, 1.82) is 0 Å². The fraction of sp³-hybridized carbons (Fsp3) is 0.600. The Morgan fingerprint density at radius 3 is 2.67 bits per heavy atom. The van der Waals surface area contributed by atoms with Crippen molar-refractivity contribution in [1.82, 2.24) is 5.32 Å². The Morgan fingerprint density at radius 2 is 2.00 bits per heavy atom. The third-order valence-corrected chi connectivity index (χ3v) is 3.70. The number of nitrogens with one attached hydrogen (secondary N) is 1. The van der Waals surface area contributed by atoms with Crippen LogP contribution in [0.25, 0.3) is 0 Å². The van der Waals surface area contributed by atoms with Crippen LogP contribution in [-0.4, -0.2) is 24.7 Å². The third kappa shape index (κ3) is 4.91. The van der Waals surface area contributed by atoms with E-state index in [9.17, 15) is 0 Å². The SMILES string of the molecule is CCCNC(CSCC)c1ccccc1OCC. The smallest absolute Gasteiger partial charge is 0.124 e. The molecule has 1 N–H and O–H groups in total. The van der Waals surface area contributed by atoms with Gasteiger partial charge in [-0.3, -0.25) is 0 Å². The summed E-state index contributed by atoms with van der Waals surface area (Å²) in [6.07, 6.45) is 1.16. The molecule has 0 bridgehead atoms. The predicted molar refractivity (Wildman–Crippen MR) is 81.6 cm³/mol. The van der Waals surface area contributed by atoms with Crippen LogP contribution in [0.2, 0.25) is 0 Å². The highest BCUT2D eigenvalue weighted by Crippen LogP contribution is 2.27. The number of ether oxygens (including phenoxy) is 1. The van der Waals surface area contributed by atoms with Crippen molar-refractivity contribution in [2.45, 2.75) is 33.2 Å². The first-order valence-corrected chi connectivity index (χ1v) is 8.01. The predicted octanol–water partition coefficient (Wildman–Crippen LogP) is 3.88. The van der Waals surface area contributed by atoms with Crippen LogP contribution in [0.15, 0.2) is 24.3 Å². The van der Waals surface area contributed by atoms with Crippen molar-refractivity contribution in [2.24, 2.45) is 0 Å². The molecule has 1 atom stereocenters. The van der Waals surface area contributed by atoms with Crippen LogP contribution in [0.4, 0.5) is 0 Å². The molecule has 0 spiro atoms. The second kappa shape index (κ2) is 9.29. The zero-order chi connectivity index (χ0) is 13.2. The Morgan fingerprint density at radius 1 is 1.22 bits per heavy atom. The van der Waals surface area contributed by atoms with Crippen molar-refractivity contribution in [3.05, 3.63) is 29.8 Å². The van der Waals surface area contributed by atoms with Gasteiger partial charge < -0.3 is 10.1 Å². The highest BCUT2D eigenvalue weighted by Gasteiger charge is 2.14. The van der Waals surface area contributed by atoms with Crippen LogP contribution in [-0.2, 0) is 0 Å². The molecule has 18 heavy (non-hydrogen) atoms. The molecule has 3 heteroatoms. The van der Waals surface area contributed by atoms with Crippen molar-refractivity contribution >= 4 is 11.8 Å². The van der Waals surface area contributed by atoms with Gasteiger partial charge in [-0.25, -0.2) is 0 Å². The highest BCUT2D eigenvalue weighted by molar-refractivity contribution is 7.99. The summed E-state index contributed by atoms with van der Waals surface area (Å²) in [6.45, 7) is 8.21. The minimum Gasteiger partial charge on any atom is -0.494 e. The van der Waals surface area contributed by atoms with Crippen LogP contribution in [0.3, 0.4) is 0 Å². The van der Waals surface area contributed by atoms with Gasteiger partial charge in [0, 0.05) is 17.4 Å². The van der Waals surface area contributed by atoms with Gasteiger partial charge in [0.05, 0.1) is 6.61 Å². The zero-order valence-electron chi connectivity index (χ0n) is 11.7. The number of rotatable bonds is 9. The highest BCUT2D eigenvalue weighted by atomic mass is 32.2. The van der Waals surface area contributed by atoms with E-state index >= 15 is 0 Å². The number of hydrogen-bond donors (Lipinski definition) is 1. The Bertz CT molecular complexity index is 322. The van der Waals surface area contributed by atoms with Gasteiger partial charge in [-0.2, -0.15) is 11.8 Å².